The predicted molar refractivity (Wildman–Crippen MR) is 83.7 cm³/mol. The van der Waals surface area contributed by atoms with Gasteiger partial charge in [0.25, 0.3) is 0 Å². The molecule has 120 valence electrons. The maximum atomic E-state index is 12.3. The number of nitrogens with one attached hydrogen (secondary N) is 2. The molecule has 0 aromatic carbocycles. The van der Waals surface area contributed by atoms with Crippen LogP contribution in [0.2, 0.25) is 0 Å². The SMILES string of the molecule is CCNCc1csc(S(=O)(=O)NC2CCS(=O)(=O)CC2)c1. The first-order valence-corrected chi connectivity index (χ1v) is 11.0. The molecule has 21 heavy (non-hydrogen) atoms. The third-order valence-corrected chi connectivity index (χ3v) is 8.07. The summed E-state index contributed by atoms with van der Waals surface area (Å²) in [5.41, 5.74) is 0.938. The van der Waals surface area contributed by atoms with Gasteiger partial charge in [0.2, 0.25) is 10.0 Å². The van der Waals surface area contributed by atoms with Gasteiger partial charge in [-0.05, 0) is 36.4 Å². The van der Waals surface area contributed by atoms with Crippen LogP contribution in [0.5, 0.6) is 0 Å². The van der Waals surface area contributed by atoms with Crippen molar-refractivity contribution in [1.82, 2.24) is 10.0 Å². The van der Waals surface area contributed by atoms with E-state index in [1.54, 1.807) is 6.07 Å². The zero-order valence-electron chi connectivity index (χ0n) is 11.8. The van der Waals surface area contributed by atoms with E-state index in [0.717, 1.165) is 12.1 Å². The lowest BCUT2D eigenvalue weighted by atomic mass is 10.2. The number of sulfone groups is 1. The van der Waals surface area contributed by atoms with E-state index < -0.39 is 19.9 Å². The zero-order chi connectivity index (χ0) is 15.5. The van der Waals surface area contributed by atoms with Gasteiger partial charge in [-0.1, -0.05) is 6.92 Å². The van der Waals surface area contributed by atoms with E-state index in [-0.39, 0.29) is 21.8 Å². The highest BCUT2D eigenvalue weighted by Crippen LogP contribution is 2.22. The number of thiophene rings is 1. The summed E-state index contributed by atoms with van der Waals surface area (Å²) >= 11 is 1.19. The van der Waals surface area contributed by atoms with Gasteiger partial charge >= 0.3 is 0 Å². The molecule has 1 aromatic heterocycles. The van der Waals surface area contributed by atoms with Crippen molar-refractivity contribution in [1.29, 1.82) is 0 Å². The minimum absolute atomic E-state index is 0.0519. The van der Waals surface area contributed by atoms with Crippen LogP contribution in [0.4, 0.5) is 0 Å². The molecule has 2 rings (SSSR count). The quantitative estimate of drug-likeness (QED) is 0.787. The van der Waals surface area contributed by atoms with Gasteiger partial charge < -0.3 is 5.32 Å². The maximum absolute atomic E-state index is 12.3. The molecule has 2 N–H and O–H groups in total. The first-order valence-electron chi connectivity index (χ1n) is 6.83. The molecule has 1 aliphatic rings. The highest BCUT2D eigenvalue weighted by Gasteiger charge is 2.28. The third-order valence-electron chi connectivity index (χ3n) is 3.35. The molecule has 1 fully saturated rings. The van der Waals surface area contributed by atoms with Crippen molar-refractivity contribution in [3.8, 4) is 0 Å². The van der Waals surface area contributed by atoms with Crippen LogP contribution in [0.3, 0.4) is 0 Å². The summed E-state index contributed by atoms with van der Waals surface area (Å²) in [6, 6.07) is 1.37. The Kier molecular flexibility index (Phi) is 5.42. The zero-order valence-corrected chi connectivity index (χ0v) is 14.3. The number of hydrogen-bond acceptors (Lipinski definition) is 6. The van der Waals surface area contributed by atoms with Crippen molar-refractivity contribution >= 4 is 31.2 Å². The molecular weight excluding hydrogens is 332 g/mol. The van der Waals surface area contributed by atoms with Crippen LogP contribution >= 0.6 is 11.3 Å². The number of rotatable bonds is 6. The smallest absolute Gasteiger partial charge is 0.250 e. The number of hydrogen-bond donors (Lipinski definition) is 2. The van der Waals surface area contributed by atoms with E-state index in [9.17, 15) is 16.8 Å². The van der Waals surface area contributed by atoms with Gasteiger partial charge in [0, 0.05) is 12.6 Å². The largest absolute Gasteiger partial charge is 0.313 e. The molecule has 0 aliphatic carbocycles. The standard InChI is InChI=1S/C12H20N2O4S3/c1-2-13-8-10-7-12(19-9-10)21(17,18)14-11-3-5-20(15,16)6-4-11/h7,9,11,13-14H,2-6,8H2,1H3. The molecule has 0 bridgehead atoms. The van der Waals surface area contributed by atoms with E-state index in [1.807, 2.05) is 12.3 Å². The topological polar surface area (TPSA) is 92.3 Å². The van der Waals surface area contributed by atoms with Crippen molar-refractivity contribution in [3.63, 3.8) is 0 Å². The fraction of sp³-hybridized carbons (Fsp3) is 0.667. The third kappa shape index (κ3) is 4.75. The number of sulfonamides is 1. The summed E-state index contributed by atoms with van der Waals surface area (Å²) in [7, 11) is -6.54. The second kappa shape index (κ2) is 6.74. The molecule has 1 aliphatic heterocycles. The van der Waals surface area contributed by atoms with Crippen molar-refractivity contribution in [3.05, 3.63) is 17.0 Å². The summed E-state index contributed by atoms with van der Waals surface area (Å²) in [5, 5.41) is 4.97. The molecule has 0 atom stereocenters. The van der Waals surface area contributed by atoms with Crippen LogP contribution in [-0.2, 0) is 26.4 Å². The Morgan fingerprint density at radius 1 is 1.33 bits per heavy atom. The lowest BCUT2D eigenvalue weighted by molar-refractivity contribution is 0.506. The Hall–Kier alpha value is -0.480. The first-order chi connectivity index (χ1) is 9.82. The Morgan fingerprint density at radius 2 is 2.00 bits per heavy atom. The molecule has 0 spiro atoms. The van der Waals surface area contributed by atoms with Gasteiger partial charge in [0.05, 0.1) is 11.5 Å². The fourth-order valence-corrected chi connectivity index (χ4v) is 6.16. The van der Waals surface area contributed by atoms with Gasteiger partial charge in [-0.2, -0.15) is 0 Å². The normalized spacial score (nSPS) is 19.7. The van der Waals surface area contributed by atoms with Crippen LogP contribution in [-0.4, -0.2) is 40.9 Å². The molecule has 1 saturated heterocycles. The van der Waals surface area contributed by atoms with E-state index in [4.69, 9.17) is 0 Å². The minimum Gasteiger partial charge on any atom is -0.313 e. The van der Waals surface area contributed by atoms with Gasteiger partial charge in [0.1, 0.15) is 14.0 Å². The van der Waals surface area contributed by atoms with E-state index in [1.165, 1.54) is 11.3 Å². The summed E-state index contributed by atoms with van der Waals surface area (Å²) in [5.74, 6) is 0.104. The van der Waals surface area contributed by atoms with E-state index >= 15 is 0 Å². The summed E-state index contributed by atoms with van der Waals surface area (Å²) in [4.78, 5) is 0. The molecule has 9 heteroatoms. The average molecular weight is 353 g/mol. The Morgan fingerprint density at radius 3 is 2.62 bits per heavy atom. The first kappa shape index (κ1) is 16.9. The van der Waals surface area contributed by atoms with Crippen LogP contribution in [0.25, 0.3) is 0 Å². The monoisotopic (exact) mass is 352 g/mol. The molecule has 2 heterocycles. The van der Waals surface area contributed by atoms with Crippen LogP contribution in [0, 0.1) is 0 Å². The molecule has 0 amide bonds. The highest BCUT2D eigenvalue weighted by molar-refractivity contribution is 7.92. The van der Waals surface area contributed by atoms with Crippen molar-refractivity contribution in [2.75, 3.05) is 18.1 Å². The lowest BCUT2D eigenvalue weighted by Crippen LogP contribution is -2.40. The lowest BCUT2D eigenvalue weighted by Gasteiger charge is -2.22. The van der Waals surface area contributed by atoms with Crippen LogP contribution in [0.15, 0.2) is 15.7 Å². The minimum atomic E-state index is -3.56. The van der Waals surface area contributed by atoms with Crippen LogP contribution in [0.1, 0.15) is 25.3 Å². The van der Waals surface area contributed by atoms with Gasteiger partial charge in [-0.15, -0.1) is 11.3 Å². The summed E-state index contributed by atoms with van der Waals surface area (Å²) < 4.78 is 50.2. The molecule has 0 radical (unpaired) electrons. The average Bonchev–Trinajstić information content (AvgIpc) is 2.88. The van der Waals surface area contributed by atoms with E-state index in [2.05, 4.69) is 10.0 Å². The second-order valence-corrected chi connectivity index (χ2v) is 10.3. The maximum Gasteiger partial charge on any atom is 0.250 e. The van der Waals surface area contributed by atoms with Gasteiger partial charge in [0.15, 0.2) is 0 Å². The molecule has 1 aromatic rings. The molecule has 0 saturated carbocycles. The fourth-order valence-electron chi connectivity index (χ4n) is 2.14. The van der Waals surface area contributed by atoms with Gasteiger partial charge in [-0.25, -0.2) is 21.6 Å². The summed E-state index contributed by atoms with van der Waals surface area (Å²) in [6.07, 6.45) is 0.689. The molecule has 6 nitrogen and oxygen atoms in total. The van der Waals surface area contributed by atoms with Crippen molar-refractivity contribution in [2.24, 2.45) is 0 Å². The molecular formula is C12H20N2O4S3. The highest BCUT2D eigenvalue weighted by atomic mass is 32.2. The summed E-state index contributed by atoms with van der Waals surface area (Å²) in [6.45, 7) is 3.46. The Bertz CT molecular complexity index is 665. The predicted octanol–water partition coefficient (Wildman–Crippen LogP) is 0.713. The second-order valence-electron chi connectivity index (χ2n) is 5.10. The van der Waals surface area contributed by atoms with Crippen molar-refractivity contribution < 1.29 is 16.8 Å². The van der Waals surface area contributed by atoms with Crippen molar-refractivity contribution in [2.45, 2.75) is 36.6 Å². The Balaban J connectivity index is 2.00. The molecule has 0 unspecified atom stereocenters. The Labute approximate surface area is 129 Å². The van der Waals surface area contributed by atoms with Crippen LogP contribution < -0.4 is 10.0 Å². The van der Waals surface area contributed by atoms with E-state index in [0.29, 0.717) is 19.4 Å². The van der Waals surface area contributed by atoms with Gasteiger partial charge in [-0.3, -0.25) is 0 Å².